The smallest absolute Gasteiger partial charge is 0.326 e. The first-order valence-electron chi connectivity index (χ1n) is 5.13. The SMILES string of the molecule is CN=C(N)NC(=O)Nc1cc(OC)ccc1OC.Cl. The van der Waals surface area contributed by atoms with Crippen molar-refractivity contribution >= 4 is 30.1 Å². The fourth-order valence-corrected chi connectivity index (χ4v) is 1.24. The lowest BCUT2D eigenvalue weighted by Gasteiger charge is -2.12. The average molecular weight is 289 g/mol. The summed E-state index contributed by atoms with van der Waals surface area (Å²) in [6.45, 7) is 0. The predicted octanol–water partition coefficient (Wildman–Crippen LogP) is 1.19. The minimum Gasteiger partial charge on any atom is -0.497 e. The summed E-state index contributed by atoms with van der Waals surface area (Å²) in [4.78, 5) is 15.2. The summed E-state index contributed by atoms with van der Waals surface area (Å²) >= 11 is 0. The molecule has 4 N–H and O–H groups in total. The highest BCUT2D eigenvalue weighted by Crippen LogP contribution is 2.28. The number of rotatable bonds is 3. The number of nitrogens with two attached hydrogens (primary N) is 1. The summed E-state index contributed by atoms with van der Waals surface area (Å²) in [5.41, 5.74) is 5.85. The lowest BCUT2D eigenvalue weighted by Crippen LogP contribution is -2.39. The summed E-state index contributed by atoms with van der Waals surface area (Å²) in [5, 5.41) is 4.93. The lowest BCUT2D eigenvalue weighted by atomic mass is 10.2. The number of urea groups is 1. The Hall–Kier alpha value is -2.15. The van der Waals surface area contributed by atoms with Gasteiger partial charge in [0, 0.05) is 13.1 Å². The molecule has 0 aliphatic rings. The van der Waals surface area contributed by atoms with Gasteiger partial charge in [-0.1, -0.05) is 0 Å². The van der Waals surface area contributed by atoms with Gasteiger partial charge in [-0.05, 0) is 12.1 Å². The number of nitrogens with one attached hydrogen (secondary N) is 2. The molecule has 0 unspecified atom stereocenters. The Morgan fingerprint density at radius 3 is 2.53 bits per heavy atom. The van der Waals surface area contributed by atoms with Crippen molar-refractivity contribution in [3.05, 3.63) is 18.2 Å². The van der Waals surface area contributed by atoms with Gasteiger partial charge in [-0.3, -0.25) is 10.3 Å². The highest BCUT2D eigenvalue weighted by atomic mass is 35.5. The Morgan fingerprint density at radius 2 is 2.00 bits per heavy atom. The van der Waals surface area contributed by atoms with Crippen molar-refractivity contribution in [1.29, 1.82) is 0 Å². The summed E-state index contributed by atoms with van der Waals surface area (Å²) in [5.74, 6) is 1.13. The van der Waals surface area contributed by atoms with E-state index in [4.69, 9.17) is 15.2 Å². The number of hydrogen-bond donors (Lipinski definition) is 3. The van der Waals surface area contributed by atoms with E-state index in [0.717, 1.165) is 0 Å². The quantitative estimate of drug-likeness (QED) is 0.575. The van der Waals surface area contributed by atoms with Crippen LogP contribution in [0.4, 0.5) is 10.5 Å². The fraction of sp³-hybridized carbons (Fsp3) is 0.273. The molecule has 1 aromatic rings. The van der Waals surface area contributed by atoms with Gasteiger partial charge in [0.1, 0.15) is 11.5 Å². The zero-order valence-corrected chi connectivity index (χ0v) is 11.7. The van der Waals surface area contributed by atoms with Crippen LogP contribution < -0.4 is 25.8 Å². The van der Waals surface area contributed by atoms with Crippen LogP contribution in [0.15, 0.2) is 23.2 Å². The van der Waals surface area contributed by atoms with Crippen LogP contribution in [0, 0.1) is 0 Å². The monoisotopic (exact) mass is 288 g/mol. The maximum atomic E-state index is 11.6. The molecule has 0 heterocycles. The normalized spacial score (nSPS) is 10.2. The molecule has 2 amide bonds. The molecule has 1 aromatic carbocycles. The molecular weight excluding hydrogens is 272 g/mol. The van der Waals surface area contributed by atoms with E-state index in [2.05, 4.69) is 15.6 Å². The number of carbonyl (C=O) groups excluding carboxylic acids is 1. The number of methoxy groups -OCH3 is 2. The van der Waals surface area contributed by atoms with Crippen LogP contribution in [0.1, 0.15) is 0 Å². The van der Waals surface area contributed by atoms with Gasteiger partial charge in [-0.2, -0.15) is 0 Å². The van der Waals surface area contributed by atoms with Gasteiger partial charge in [0.05, 0.1) is 19.9 Å². The van der Waals surface area contributed by atoms with Crippen LogP contribution in [-0.2, 0) is 0 Å². The molecule has 0 aromatic heterocycles. The Balaban J connectivity index is 0.00000324. The van der Waals surface area contributed by atoms with Crippen LogP contribution in [0.3, 0.4) is 0 Å². The number of aliphatic imine (C=N–C) groups is 1. The maximum absolute atomic E-state index is 11.6. The number of nitrogens with zero attached hydrogens (tertiary/aromatic N) is 1. The van der Waals surface area contributed by atoms with E-state index >= 15 is 0 Å². The maximum Gasteiger partial charge on any atom is 0.326 e. The molecule has 0 bridgehead atoms. The van der Waals surface area contributed by atoms with Gasteiger partial charge in [-0.15, -0.1) is 12.4 Å². The molecule has 106 valence electrons. The van der Waals surface area contributed by atoms with Crippen molar-refractivity contribution in [3.8, 4) is 11.5 Å². The molecule has 19 heavy (non-hydrogen) atoms. The van der Waals surface area contributed by atoms with Crippen molar-refractivity contribution in [1.82, 2.24) is 5.32 Å². The number of anilines is 1. The van der Waals surface area contributed by atoms with E-state index < -0.39 is 6.03 Å². The topological polar surface area (TPSA) is 98.0 Å². The van der Waals surface area contributed by atoms with Gasteiger partial charge < -0.3 is 20.5 Å². The average Bonchev–Trinajstić information content (AvgIpc) is 2.38. The van der Waals surface area contributed by atoms with Crippen LogP contribution >= 0.6 is 12.4 Å². The Bertz CT molecular complexity index is 465. The number of amides is 2. The van der Waals surface area contributed by atoms with Gasteiger partial charge in [-0.25, -0.2) is 4.79 Å². The van der Waals surface area contributed by atoms with Gasteiger partial charge in [0.25, 0.3) is 0 Å². The molecule has 7 nitrogen and oxygen atoms in total. The first-order valence-corrected chi connectivity index (χ1v) is 5.13. The van der Waals surface area contributed by atoms with E-state index in [1.807, 2.05) is 0 Å². The summed E-state index contributed by atoms with van der Waals surface area (Å²) in [7, 11) is 4.52. The van der Waals surface area contributed by atoms with Crippen LogP contribution in [0.5, 0.6) is 11.5 Å². The van der Waals surface area contributed by atoms with E-state index in [9.17, 15) is 4.79 Å². The molecule has 8 heteroatoms. The second kappa shape index (κ2) is 8.04. The van der Waals surface area contributed by atoms with Gasteiger partial charge in [0.2, 0.25) is 0 Å². The fourth-order valence-electron chi connectivity index (χ4n) is 1.24. The number of hydrogen-bond acceptors (Lipinski definition) is 4. The molecule has 0 fully saturated rings. The first kappa shape index (κ1) is 16.9. The van der Waals surface area contributed by atoms with E-state index in [-0.39, 0.29) is 18.4 Å². The molecule has 0 aliphatic heterocycles. The summed E-state index contributed by atoms with van der Waals surface area (Å²) in [6, 6.07) is 4.54. The summed E-state index contributed by atoms with van der Waals surface area (Å²) in [6.07, 6.45) is 0. The minimum atomic E-state index is -0.510. The number of ether oxygens (including phenoxy) is 2. The molecule has 1 rings (SSSR count). The first-order chi connectivity index (χ1) is 8.60. The number of carbonyl (C=O) groups is 1. The van der Waals surface area contributed by atoms with Crippen LogP contribution in [-0.4, -0.2) is 33.3 Å². The van der Waals surface area contributed by atoms with Crippen molar-refractivity contribution in [2.24, 2.45) is 10.7 Å². The lowest BCUT2D eigenvalue weighted by molar-refractivity contribution is 0.256. The second-order valence-electron chi connectivity index (χ2n) is 3.25. The Kier molecular flexibility index (Phi) is 7.13. The number of benzene rings is 1. The zero-order chi connectivity index (χ0) is 13.5. The molecule has 0 saturated heterocycles. The molecule has 0 saturated carbocycles. The molecule has 0 radical (unpaired) electrons. The van der Waals surface area contributed by atoms with Crippen LogP contribution in [0.2, 0.25) is 0 Å². The van der Waals surface area contributed by atoms with E-state index in [0.29, 0.717) is 17.2 Å². The largest absolute Gasteiger partial charge is 0.497 e. The van der Waals surface area contributed by atoms with E-state index in [1.54, 1.807) is 18.2 Å². The number of halogens is 1. The highest BCUT2D eigenvalue weighted by molar-refractivity contribution is 6.02. The third-order valence-electron chi connectivity index (χ3n) is 2.14. The minimum absolute atomic E-state index is 0. The summed E-state index contributed by atoms with van der Waals surface area (Å²) < 4.78 is 10.2. The van der Waals surface area contributed by atoms with Crippen molar-refractivity contribution < 1.29 is 14.3 Å². The second-order valence-corrected chi connectivity index (χ2v) is 3.25. The molecular formula is C11H17ClN4O3. The van der Waals surface area contributed by atoms with Crippen molar-refractivity contribution in [2.45, 2.75) is 0 Å². The van der Waals surface area contributed by atoms with Gasteiger partial charge >= 0.3 is 6.03 Å². The third kappa shape index (κ3) is 4.92. The third-order valence-corrected chi connectivity index (χ3v) is 2.14. The molecule has 0 atom stereocenters. The molecule has 0 aliphatic carbocycles. The predicted molar refractivity (Wildman–Crippen MR) is 76.5 cm³/mol. The van der Waals surface area contributed by atoms with E-state index in [1.165, 1.54) is 21.3 Å². The molecule has 0 spiro atoms. The Labute approximate surface area is 117 Å². The van der Waals surface area contributed by atoms with Crippen molar-refractivity contribution in [2.75, 3.05) is 26.6 Å². The zero-order valence-electron chi connectivity index (χ0n) is 10.9. The van der Waals surface area contributed by atoms with Crippen molar-refractivity contribution in [3.63, 3.8) is 0 Å². The standard InChI is InChI=1S/C11H16N4O3.ClH/c1-13-10(12)15-11(16)14-8-6-7(17-2)4-5-9(8)18-3;/h4-6H,1-3H3,(H4,12,13,14,15,16);1H. The Morgan fingerprint density at radius 1 is 1.32 bits per heavy atom. The van der Waals surface area contributed by atoms with Crippen LogP contribution in [0.25, 0.3) is 0 Å². The number of guanidine groups is 1. The van der Waals surface area contributed by atoms with Gasteiger partial charge in [0.15, 0.2) is 5.96 Å². The highest BCUT2D eigenvalue weighted by Gasteiger charge is 2.09.